The molecule has 0 N–H and O–H groups in total. The molecule has 0 aromatic heterocycles. The van der Waals surface area contributed by atoms with Crippen molar-refractivity contribution < 1.29 is 4.74 Å². The summed E-state index contributed by atoms with van der Waals surface area (Å²) in [6.45, 7) is 7.76. The van der Waals surface area contributed by atoms with E-state index >= 15 is 0 Å². The fourth-order valence-electron chi connectivity index (χ4n) is 2.25. The molecule has 0 aliphatic heterocycles. The average molecular weight is 230 g/mol. The second kappa shape index (κ2) is 6.80. The number of hydrogen-bond acceptors (Lipinski definition) is 2. The summed E-state index contributed by atoms with van der Waals surface area (Å²) in [6.07, 6.45) is 5.79. The minimum atomic E-state index is 0.523. The van der Waals surface area contributed by atoms with E-state index in [0.29, 0.717) is 17.9 Å². The summed E-state index contributed by atoms with van der Waals surface area (Å²) >= 11 is 4.39. The van der Waals surface area contributed by atoms with Gasteiger partial charge in [-0.15, -0.1) is 0 Å². The summed E-state index contributed by atoms with van der Waals surface area (Å²) in [5, 5.41) is 0. The summed E-state index contributed by atoms with van der Waals surface area (Å²) in [4.78, 5) is 0. The summed E-state index contributed by atoms with van der Waals surface area (Å²) in [5.74, 6) is 3.10. The van der Waals surface area contributed by atoms with Gasteiger partial charge in [0, 0.05) is 0 Å². The van der Waals surface area contributed by atoms with Crippen molar-refractivity contribution in [2.45, 2.75) is 52.6 Å². The molecule has 3 unspecified atom stereocenters. The highest BCUT2D eigenvalue weighted by atomic mass is 32.1. The zero-order valence-corrected chi connectivity index (χ0v) is 11.3. The van der Waals surface area contributed by atoms with Crippen LogP contribution >= 0.6 is 12.6 Å². The lowest BCUT2D eigenvalue weighted by atomic mass is 9.88. The van der Waals surface area contributed by atoms with Crippen LogP contribution in [0.15, 0.2) is 0 Å². The Labute approximate surface area is 100 Å². The number of ether oxygens (including phenoxy) is 1. The summed E-state index contributed by atoms with van der Waals surface area (Å²) < 4.78 is 6.02. The van der Waals surface area contributed by atoms with Crippen LogP contribution < -0.4 is 0 Å². The molecule has 0 spiro atoms. The highest BCUT2D eigenvalue weighted by Crippen LogP contribution is 2.26. The molecule has 0 aromatic carbocycles. The fourth-order valence-corrected chi connectivity index (χ4v) is 2.77. The van der Waals surface area contributed by atoms with Crippen LogP contribution in [0.4, 0.5) is 0 Å². The molecule has 0 amide bonds. The van der Waals surface area contributed by atoms with Gasteiger partial charge in [0.1, 0.15) is 0 Å². The zero-order chi connectivity index (χ0) is 11.3. The molecule has 1 aliphatic carbocycles. The normalized spacial score (nSPS) is 29.4. The Balaban J connectivity index is 2.23. The molecule has 1 saturated carbocycles. The Hall–Kier alpha value is 0.310. The van der Waals surface area contributed by atoms with Crippen molar-refractivity contribution in [2.24, 2.45) is 17.8 Å². The first-order chi connectivity index (χ1) is 7.13. The topological polar surface area (TPSA) is 9.23 Å². The average Bonchev–Trinajstić information content (AvgIpc) is 2.18. The van der Waals surface area contributed by atoms with Gasteiger partial charge >= 0.3 is 0 Å². The molecular weight excluding hydrogens is 204 g/mol. The first-order valence-electron chi connectivity index (χ1n) is 6.36. The van der Waals surface area contributed by atoms with Gasteiger partial charge < -0.3 is 4.74 Å². The van der Waals surface area contributed by atoms with Crippen LogP contribution in [0.5, 0.6) is 0 Å². The van der Waals surface area contributed by atoms with Gasteiger partial charge in [0.15, 0.2) is 0 Å². The molecule has 2 heteroatoms. The molecule has 0 radical (unpaired) electrons. The monoisotopic (exact) mass is 230 g/mol. The molecule has 1 aliphatic rings. The zero-order valence-electron chi connectivity index (χ0n) is 10.4. The van der Waals surface area contributed by atoms with Crippen molar-refractivity contribution in [3.63, 3.8) is 0 Å². The standard InChI is InChI=1S/C13H26OS/c1-10(2)12(9-15)8-14-13-6-4-5-11(3)7-13/h10-13,15H,4-9H2,1-3H3. The maximum absolute atomic E-state index is 6.02. The van der Waals surface area contributed by atoms with Crippen molar-refractivity contribution in [3.8, 4) is 0 Å². The van der Waals surface area contributed by atoms with Crippen LogP contribution in [0.2, 0.25) is 0 Å². The van der Waals surface area contributed by atoms with E-state index in [1.54, 1.807) is 0 Å². The number of hydrogen-bond donors (Lipinski definition) is 1. The lowest BCUT2D eigenvalue weighted by Gasteiger charge is -2.29. The smallest absolute Gasteiger partial charge is 0.0577 e. The molecule has 15 heavy (non-hydrogen) atoms. The lowest BCUT2D eigenvalue weighted by molar-refractivity contribution is -0.00636. The molecule has 0 heterocycles. The van der Waals surface area contributed by atoms with Crippen LogP contribution in [-0.2, 0) is 4.74 Å². The van der Waals surface area contributed by atoms with E-state index in [1.165, 1.54) is 25.7 Å². The SMILES string of the molecule is CC1CCCC(OCC(CS)C(C)C)C1. The molecule has 0 saturated heterocycles. The van der Waals surface area contributed by atoms with Gasteiger partial charge in [-0.3, -0.25) is 0 Å². The number of rotatable bonds is 5. The van der Waals surface area contributed by atoms with Gasteiger partial charge in [0.2, 0.25) is 0 Å². The Bertz CT molecular complexity index is 170. The van der Waals surface area contributed by atoms with E-state index in [9.17, 15) is 0 Å². The summed E-state index contributed by atoms with van der Waals surface area (Å²) in [6, 6.07) is 0. The number of thiol groups is 1. The third-order valence-electron chi connectivity index (χ3n) is 3.61. The van der Waals surface area contributed by atoms with E-state index in [0.717, 1.165) is 18.3 Å². The molecule has 3 atom stereocenters. The minimum absolute atomic E-state index is 0.523. The molecule has 90 valence electrons. The van der Waals surface area contributed by atoms with Crippen LogP contribution in [-0.4, -0.2) is 18.5 Å². The van der Waals surface area contributed by atoms with Crippen LogP contribution in [0.1, 0.15) is 46.5 Å². The predicted molar refractivity (Wildman–Crippen MR) is 69.6 cm³/mol. The van der Waals surface area contributed by atoms with Crippen molar-refractivity contribution in [3.05, 3.63) is 0 Å². The largest absolute Gasteiger partial charge is 0.378 e. The van der Waals surface area contributed by atoms with Crippen LogP contribution in [0, 0.1) is 17.8 Å². The first-order valence-corrected chi connectivity index (χ1v) is 6.99. The summed E-state index contributed by atoms with van der Waals surface area (Å²) in [5.41, 5.74) is 0. The first kappa shape index (κ1) is 13.4. The highest BCUT2D eigenvalue weighted by molar-refractivity contribution is 7.80. The van der Waals surface area contributed by atoms with Crippen molar-refractivity contribution in [1.29, 1.82) is 0 Å². The molecule has 1 rings (SSSR count). The molecular formula is C13H26OS. The van der Waals surface area contributed by atoms with Crippen LogP contribution in [0.25, 0.3) is 0 Å². The van der Waals surface area contributed by atoms with E-state index in [2.05, 4.69) is 33.4 Å². The van der Waals surface area contributed by atoms with Gasteiger partial charge in [0.25, 0.3) is 0 Å². The van der Waals surface area contributed by atoms with Crippen molar-refractivity contribution >= 4 is 12.6 Å². The third-order valence-corrected chi connectivity index (χ3v) is 4.08. The lowest BCUT2D eigenvalue weighted by Crippen LogP contribution is -2.26. The van der Waals surface area contributed by atoms with Gasteiger partial charge in [-0.2, -0.15) is 12.6 Å². The van der Waals surface area contributed by atoms with E-state index in [4.69, 9.17) is 4.74 Å². The van der Waals surface area contributed by atoms with Gasteiger partial charge in [-0.05, 0) is 36.3 Å². The Morgan fingerprint density at radius 2 is 2.07 bits per heavy atom. The maximum Gasteiger partial charge on any atom is 0.0577 e. The fraction of sp³-hybridized carbons (Fsp3) is 1.00. The van der Waals surface area contributed by atoms with E-state index in [1.807, 2.05) is 0 Å². The maximum atomic E-state index is 6.02. The second-order valence-electron chi connectivity index (χ2n) is 5.41. The van der Waals surface area contributed by atoms with Crippen molar-refractivity contribution in [2.75, 3.05) is 12.4 Å². The minimum Gasteiger partial charge on any atom is -0.378 e. The molecule has 0 aromatic rings. The Morgan fingerprint density at radius 1 is 1.33 bits per heavy atom. The third kappa shape index (κ3) is 4.78. The Morgan fingerprint density at radius 3 is 2.60 bits per heavy atom. The van der Waals surface area contributed by atoms with Gasteiger partial charge in [0.05, 0.1) is 12.7 Å². The second-order valence-corrected chi connectivity index (χ2v) is 5.78. The van der Waals surface area contributed by atoms with Crippen molar-refractivity contribution in [1.82, 2.24) is 0 Å². The van der Waals surface area contributed by atoms with Gasteiger partial charge in [-0.25, -0.2) is 0 Å². The summed E-state index contributed by atoms with van der Waals surface area (Å²) in [7, 11) is 0. The Kier molecular flexibility index (Phi) is 6.06. The predicted octanol–water partition coefficient (Wildman–Crippen LogP) is 3.78. The van der Waals surface area contributed by atoms with Gasteiger partial charge in [-0.1, -0.05) is 33.6 Å². The molecule has 1 fully saturated rings. The molecule has 1 nitrogen and oxygen atoms in total. The van der Waals surface area contributed by atoms with E-state index < -0.39 is 0 Å². The van der Waals surface area contributed by atoms with Crippen LogP contribution in [0.3, 0.4) is 0 Å². The quantitative estimate of drug-likeness (QED) is 0.707. The van der Waals surface area contributed by atoms with E-state index in [-0.39, 0.29) is 0 Å². The molecule has 0 bridgehead atoms. The highest BCUT2D eigenvalue weighted by Gasteiger charge is 2.21.